The second-order valence-corrected chi connectivity index (χ2v) is 6.08. The topological polar surface area (TPSA) is 123 Å². The van der Waals surface area contributed by atoms with Crippen LogP contribution >= 0.6 is 0 Å². The van der Waals surface area contributed by atoms with E-state index >= 15 is 0 Å². The highest BCUT2D eigenvalue weighted by molar-refractivity contribution is 5.20. The zero-order valence-corrected chi connectivity index (χ0v) is 13.4. The van der Waals surface area contributed by atoms with Crippen LogP contribution in [0.25, 0.3) is 0 Å². The summed E-state index contributed by atoms with van der Waals surface area (Å²) in [5, 5.41) is 28.7. The van der Waals surface area contributed by atoms with Crippen molar-refractivity contribution in [2.75, 3.05) is 19.6 Å². The van der Waals surface area contributed by atoms with Crippen molar-refractivity contribution in [3.05, 3.63) is 34.2 Å². The summed E-state index contributed by atoms with van der Waals surface area (Å²) in [7, 11) is 0. The Balaban J connectivity index is 1.45. The fraction of sp³-hybridized carbons (Fsp3) is 0.643. The van der Waals surface area contributed by atoms with Gasteiger partial charge in [-0.25, -0.2) is 0 Å². The largest absolute Gasteiger partial charge is 0.390 e. The lowest BCUT2D eigenvalue weighted by atomic mass is 9.96. The Bertz CT molecular complexity index is 691. The van der Waals surface area contributed by atoms with Crippen LogP contribution in [0.3, 0.4) is 0 Å². The van der Waals surface area contributed by atoms with Crippen LogP contribution in [0.15, 0.2) is 16.9 Å². The molecule has 0 aromatic carbocycles. The van der Waals surface area contributed by atoms with Crippen LogP contribution in [0.1, 0.15) is 30.5 Å². The van der Waals surface area contributed by atoms with Crippen LogP contribution in [0, 0.1) is 17.0 Å². The van der Waals surface area contributed by atoms with Gasteiger partial charge in [-0.15, -0.1) is 0 Å². The first-order valence-corrected chi connectivity index (χ1v) is 7.88. The number of nitrogens with zero attached hydrogens (tertiary/aromatic N) is 6. The summed E-state index contributed by atoms with van der Waals surface area (Å²) in [4.78, 5) is 16.6. The second kappa shape index (κ2) is 7.05. The van der Waals surface area contributed by atoms with E-state index in [9.17, 15) is 15.2 Å². The van der Waals surface area contributed by atoms with Gasteiger partial charge in [0, 0.05) is 19.4 Å². The minimum Gasteiger partial charge on any atom is -0.390 e. The van der Waals surface area contributed by atoms with E-state index < -0.39 is 11.0 Å². The molecule has 3 heterocycles. The summed E-state index contributed by atoms with van der Waals surface area (Å²) in [6.45, 7) is 4.20. The average molecular weight is 336 g/mol. The summed E-state index contributed by atoms with van der Waals surface area (Å²) in [6, 6.07) is 0. The van der Waals surface area contributed by atoms with Crippen molar-refractivity contribution >= 4 is 5.69 Å². The maximum atomic E-state index is 10.6. The van der Waals surface area contributed by atoms with Gasteiger partial charge in [0.2, 0.25) is 5.89 Å². The molecule has 0 radical (unpaired) electrons. The van der Waals surface area contributed by atoms with Crippen molar-refractivity contribution < 1.29 is 14.6 Å². The molecule has 0 aliphatic carbocycles. The third kappa shape index (κ3) is 3.95. The van der Waals surface area contributed by atoms with E-state index in [1.807, 2.05) is 0 Å². The molecule has 1 N–H and O–H groups in total. The quantitative estimate of drug-likeness (QED) is 0.604. The number of piperidine rings is 1. The predicted octanol–water partition coefficient (Wildman–Crippen LogP) is 0.723. The van der Waals surface area contributed by atoms with Crippen LogP contribution in [0.5, 0.6) is 0 Å². The first-order chi connectivity index (χ1) is 11.5. The van der Waals surface area contributed by atoms with Crippen molar-refractivity contribution in [3.63, 3.8) is 0 Å². The molecule has 1 fully saturated rings. The molecule has 0 unspecified atom stereocenters. The first-order valence-electron chi connectivity index (χ1n) is 7.88. The smallest absolute Gasteiger partial charge is 0.306 e. The van der Waals surface area contributed by atoms with Crippen LogP contribution in [0.2, 0.25) is 0 Å². The molecular formula is C14H20N6O4. The molecule has 2 aromatic heterocycles. The zero-order chi connectivity index (χ0) is 17.1. The van der Waals surface area contributed by atoms with Gasteiger partial charge in [0.15, 0.2) is 5.82 Å². The number of β-amino-alcohol motifs (C(OH)–C–C–N with tert-alkyl or cyclic N) is 1. The van der Waals surface area contributed by atoms with Crippen molar-refractivity contribution in [1.82, 2.24) is 24.8 Å². The first kappa shape index (κ1) is 16.5. The number of hydrogen-bond donors (Lipinski definition) is 1. The van der Waals surface area contributed by atoms with Gasteiger partial charge >= 0.3 is 5.69 Å². The molecule has 2 aromatic rings. The zero-order valence-electron chi connectivity index (χ0n) is 13.4. The van der Waals surface area contributed by atoms with Gasteiger partial charge in [0.05, 0.1) is 17.6 Å². The van der Waals surface area contributed by atoms with Crippen LogP contribution in [0.4, 0.5) is 5.69 Å². The Morgan fingerprint density at radius 2 is 2.21 bits per heavy atom. The van der Waals surface area contributed by atoms with Gasteiger partial charge in [0.1, 0.15) is 12.4 Å². The van der Waals surface area contributed by atoms with E-state index in [4.69, 9.17) is 4.52 Å². The molecule has 130 valence electrons. The van der Waals surface area contributed by atoms with Crippen molar-refractivity contribution in [1.29, 1.82) is 0 Å². The maximum absolute atomic E-state index is 10.6. The Hall–Kier alpha value is -2.33. The third-order valence-electron chi connectivity index (χ3n) is 4.19. The minimum absolute atomic E-state index is 0.0709. The number of rotatable bonds is 6. The van der Waals surface area contributed by atoms with E-state index in [1.54, 1.807) is 6.92 Å². The molecule has 0 bridgehead atoms. The number of aliphatic hydroxyl groups excluding tert-OH is 1. The Kier molecular flexibility index (Phi) is 4.86. The Morgan fingerprint density at radius 1 is 1.46 bits per heavy atom. The van der Waals surface area contributed by atoms with Gasteiger partial charge in [0.25, 0.3) is 0 Å². The average Bonchev–Trinajstić information content (AvgIpc) is 3.17. The molecule has 24 heavy (non-hydrogen) atoms. The van der Waals surface area contributed by atoms with Crippen LogP contribution in [-0.2, 0) is 6.54 Å². The molecule has 3 rings (SSSR count). The monoisotopic (exact) mass is 336 g/mol. The molecule has 0 saturated carbocycles. The van der Waals surface area contributed by atoms with E-state index in [0.29, 0.717) is 18.4 Å². The standard InChI is InChI=1S/C14H20N6O4/c1-10-16-14(17-24-10)11-2-4-18(5-3-11)8-13(21)9-19-7-12(6-15-19)20(22)23/h6-7,11,13,21H,2-5,8-9H2,1H3/t13-/m1/s1. The summed E-state index contributed by atoms with van der Waals surface area (Å²) in [6.07, 6.45) is 3.71. The van der Waals surface area contributed by atoms with E-state index in [1.165, 1.54) is 17.1 Å². The van der Waals surface area contributed by atoms with Gasteiger partial charge in [-0.3, -0.25) is 14.8 Å². The number of hydrogen-bond acceptors (Lipinski definition) is 8. The van der Waals surface area contributed by atoms with Crippen molar-refractivity contribution in [2.24, 2.45) is 0 Å². The molecular weight excluding hydrogens is 316 g/mol. The van der Waals surface area contributed by atoms with Gasteiger partial charge in [-0.2, -0.15) is 10.1 Å². The lowest BCUT2D eigenvalue weighted by molar-refractivity contribution is -0.385. The second-order valence-electron chi connectivity index (χ2n) is 6.08. The normalized spacial score (nSPS) is 17.9. The predicted molar refractivity (Wildman–Crippen MR) is 82.3 cm³/mol. The number of likely N-dealkylation sites (tertiary alicyclic amines) is 1. The number of nitro groups is 1. The van der Waals surface area contributed by atoms with E-state index in [0.717, 1.165) is 31.8 Å². The third-order valence-corrected chi connectivity index (χ3v) is 4.19. The fourth-order valence-electron chi connectivity index (χ4n) is 2.97. The summed E-state index contributed by atoms with van der Waals surface area (Å²) >= 11 is 0. The molecule has 10 nitrogen and oxygen atoms in total. The highest BCUT2D eigenvalue weighted by Crippen LogP contribution is 2.25. The lowest BCUT2D eigenvalue weighted by Gasteiger charge is -2.31. The number of aryl methyl sites for hydroxylation is 1. The van der Waals surface area contributed by atoms with E-state index in [-0.39, 0.29) is 12.2 Å². The maximum Gasteiger partial charge on any atom is 0.306 e. The van der Waals surface area contributed by atoms with Crippen LogP contribution < -0.4 is 0 Å². The van der Waals surface area contributed by atoms with Gasteiger partial charge in [-0.1, -0.05) is 5.16 Å². The van der Waals surface area contributed by atoms with E-state index in [2.05, 4.69) is 20.1 Å². The van der Waals surface area contributed by atoms with Crippen LogP contribution in [-0.4, -0.2) is 60.6 Å². The summed E-state index contributed by atoms with van der Waals surface area (Å²) in [5.74, 6) is 1.64. The highest BCUT2D eigenvalue weighted by atomic mass is 16.6. The van der Waals surface area contributed by atoms with Crippen molar-refractivity contribution in [2.45, 2.75) is 38.3 Å². The molecule has 1 saturated heterocycles. The molecule has 1 atom stereocenters. The number of aliphatic hydroxyl groups is 1. The number of aromatic nitrogens is 4. The molecule has 1 aliphatic rings. The Morgan fingerprint density at radius 3 is 2.79 bits per heavy atom. The fourth-order valence-corrected chi connectivity index (χ4v) is 2.97. The SMILES string of the molecule is Cc1nc(C2CCN(C[C@@H](O)Cn3cc([N+](=O)[O-])cn3)CC2)no1. The van der Waals surface area contributed by atoms with Gasteiger partial charge < -0.3 is 14.5 Å². The lowest BCUT2D eigenvalue weighted by Crippen LogP contribution is -2.39. The minimum atomic E-state index is -0.631. The van der Waals surface area contributed by atoms with Crippen molar-refractivity contribution in [3.8, 4) is 0 Å². The van der Waals surface area contributed by atoms with Gasteiger partial charge in [-0.05, 0) is 25.9 Å². The molecule has 0 spiro atoms. The summed E-state index contributed by atoms with van der Waals surface area (Å²) in [5.41, 5.74) is -0.0709. The molecule has 1 aliphatic heterocycles. The summed E-state index contributed by atoms with van der Waals surface area (Å²) < 4.78 is 6.42. The molecule has 0 amide bonds. The highest BCUT2D eigenvalue weighted by Gasteiger charge is 2.25. The Labute approximate surface area is 138 Å². The molecule has 10 heteroatoms.